The predicted molar refractivity (Wildman–Crippen MR) is 89.5 cm³/mol. The van der Waals surface area contributed by atoms with Crippen molar-refractivity contribution in [2.45, 2.75) is 38.7 Å². The number of nitrogens with one attached hydrogen (secondary N) is 1. The summed E-state index contributed by atoms with van der Waals surface area (Å²) in [5, 5.41) is 17.9. The van der Waals surface area contributed by atoms with Crippen molar-refractivity contribution >= 4 is 26.8 Å². The molecule has 1 saturated carbocycles. The van der Waals surface area contributed by atoms with Crippen LogP contribution in [-0.4, -0.2) is 31.8 Å². The smallest absolute Gasteiger partial charge is 0.261 e. The number of nitrogens with zero attached hydrogens (tertiary/aromatic N) is 3. The maximum atomic E-state index is 13.0. The molecule has 1 fully saturated rings. The lowest BCUT2D eigenvalue weighted by molar-refractivity contribution is 0.114. The minimum absolute atomic E-state index is 0.149. The molecule has 0 radical (unpaired) electrons. The lowest BCUT2D eigenvalue weighted by atomic mass is 10.1. The van der Waals surface area contributed by atoms with Gasteiger partial charge < -0.3 is 10.4 Å². The second-order valence-electron chi connectivity index (χ2n) is 6.31. The van der Waals surface area contributed by atoms with Gasteiger partial charge in [-0.15, -0.1) is 5.10 Å². The highest BCUT2D eigenvalue weighted by Crippen LogP contribution is 2.45. The third-order valence-electron chi connectivity index (χ3n) is 4.29. The van der Waals surface area contributed by atoms with Gasteiger partial charge in [-0.3, -0.25) is 0 Å². The highest BCUT2D eigenvalue weighted by Gasteiger charge is 2.51. The quantitative estimate of drug-likeness (QED) is 0.746. The molecule has 2 heterocycles. The standard InChI is InChI=1S/C16H16F2N4OS/c1-8-5-9(2)12(10(23)6-8)22-7-11-13(21-22)19-15(24-11)20-16(3-4-16)14(17)18/h5-7,14,23H,3-4H2,1-2H3,(H,19,20,21). The molecule has 0 amide bonds. The zero-order valence-electron chi connectivity index (χ0n) is 13.2. The molecule has 0 atom stereocenters. The average Bonchev–Trinajstić information content (AvgIpc) is 3.01. The summed E-state index contributed by atoms with van der Waals surface area (Å²) in [5.74, 6) is 0.149. The van der Waals surface area contributed by atoms with Crippen LogP contribution in [0, 0.1) is 13.8 Å². The first-order chi connectivity index (χ1) is 11.4. The van der Waals surface area contributed by atoms with Crippen LogP contribution in [0.25, 0.3) is 16.0 Å². The van der Waals surface area contributed by atoms with Crippen molar-refractivity contribution in [2.24, 2.45) is 0 Å². The van der Waals surface area contributed by atoms with Crippen LogP contribution in [0.3, 0.4) is 0 Å². The van der Waals surface area contributed by atoms with Gasteiger partial charge in [0.2, 0.25) is 0 Å². The Morgan fingerprint density at radius 2 is 2.08 bits per heavy atom. The first-order valence-corrected chi connectivity index (χ1v) is 8.43. The molecule has 4 rings (SSSR count). The van der Waals surface area contributed by atoms with E-state index in [1.54, 1.807) is 16.9 Å². The Bertz CT molecular complexity index is 875. The molecule has 1 aromatic carbocycles. The van der Waals surface area contributed by atoms with Crippen molar-refractivity contribution in [3.63, 3.8) is 0 Å². The van der Waals surface area contributed by atoms with E-state index >= 15 is 0 Å². The molecule has 0 aliphatic heterocycles. The van der Waals surface area contributed by atoms with E-state index in [4.69, 9.17) is 0 Å². The number of hydrogen-bond acceptors (Lipinski definition) is 5. The van der Waals surface area contributed by atoms with Gasteiger partial charge in [0.25, 0.3) is 6.43 Å². The molecule has 3 aromatic rings. The van der Waals surface area contributed by atoms with E-state index in [1.165, 1.54) is 11.3 Å². The normalized spacial score (nSPS) is 16.0. The van der Waals surface area contributed by atoms with Crippen LogP contribution in [-0.2, 0) is 0 Å². The number of aromatic nitrogens is 3. The fourth-order valence-corrected chi connectivity index (χ4v) is 3.80. The lowest BCUT2D eigenvalue weighted by Gasteiger charge is -2.14. The van der Waals surface area contributed by atoms with Crippen molar-refractivity contribution in [2.75, 3.05) is 5.32 Å². The van der Waals surface area contributed by atoms with Gasteiger partial charge in [-0.2, -0.15) is 4.98 Å². The van der Waals surface area contributed by atoms with Gasteiger partial charge in [0, 0.05) is 0 Å². The van der Waals surface area contributed by atoms with E-state index in [1.807, 2.05) is 19.9 Å². The third-order valence-corrected chi connectivity index (χ3v) is 5.19. The number of benzene rings is 1. The number of alkyl halides is 2. The lowest BCUT2D eigenvalue weighted by Crippen LogP contribution is -2.29. The number of hydrogen-bond donors (Lipinski definition) is 2. The highest BCUT2D eigenvalue weighted by molar-refractivity contribution is 7.22. The molecular formula is C16H16F2N4OS. The summed E-state index contributed by atoms with van der Waals surface area (Å²) in [6.07, 6.45) is 0.273. The van der Waals surface area contributed by atoms with Crippen LogP contribution >= 0.6 is 11.3 Å². The van der Waals surface area contributed by atoms with Crippen molar-refractivity contribution in [3.05, 3.63) is 29.5 Å². The number of phenols is 1. The van der Waals surface area contributed by atoms with Crippen molar-refractivity contribution in [3.8, 4) is 11.4 Å². The first kappa shape index (κ1) is 15.3. The summed E-state index contributed by atoms with van der Waals surface area (Å²) in [7, 11) is 0. The van der Waals surface area contributed by atoms with Gasteiger partial charge in [-0.1, -0.05) is 17.4 Å². The van der Waals surface area contributed by atoms with Crippen molar-refractivity contribution in [1.82, 2.24) is 14.8 Å². The van der Waals surface area contributed by atoms with E-state index in [-0.39, 0.29) is 5.75 Å². The Balaban J connectivity index is 1.68. The van der Waals surface area contributed by atoms with Gasteiger partial charge in [-0.05, 0) is 43.9 Å². The summed E-state index contributed by atoms with van der Waals surface area (Å²) in [6.45, 7) is 3.81. The number of aromatic hydroxyl groups is 1. The molecule has 0 unspecified atom stereocenters. The number of thiazole rings is 1. The first-order valence-electron chi connectivity index (χ1n) is 7.61. The minimum atomic E-state index is -2.40. The van der Waals surface area contributed by atoms with Gasteiger partial charge in [0.05, 0.1) is 10.9 Å². The summed E-state index contributed by atoms with van der Waals surface area (Å²) < 4.78 is 28.4. The minimum Gasteiger partial charge on any atom is -0.506 e. The highest BCUT2D eigenvalue weighted by atomic mass is 32.1. The Morgan fingerprint density at radius 1 is 1.33 bits per heavy atom. The zero-order valence-corrected chi connectivity index (χ0v) is 14.0. The largest absolute Gasteiger partial charge is 0.506 e. The fraction of sp³-hybridized carbons (Fsp3) is 0.375. The van der Waals surface area contributed by atoms with E-state index in [9.17, 15) is 13.9 Å². The Kier molecular flexibility index (Phi) is 3.28. The van der Waals surface area contributed by atoms with E-state index < -0.39 is 12.0 Å². The SMILES string of the molecule is Cc1cc(C)c(-n2cc3sc(NC4(C(F)F)CC4)nc3n2)c(O)c1. The third kappa shape index (κ3) is 2.41. The van der Waals surface area contributed by atoms with Crippen molar-refractivity contribution in [1.29, 1.82) is 0 Å². The summed E-state index contributed by atoms with van der Waals surface area (Å²) in [4.78, 5) is 4.30. The van der Waals surface area contributed by atoms with Crippen LogP contribution in [0.4, 0.5) is 13.9 Å². The summed E-state index contributed by atoms with van der Waals surface area (Å²) in [5.41, 5.74) is 1.83. The van der Waals surface area contributed by atoms with Crippen LogP contribution < -0.4 is 5.32 Å². The molecule has 8 heteroatoms. The number of rotatable bonds is 4. The Labute approximate surface area is 140 Å². The number of halogens is 2. The Morgan fingerprint density at radius 3 is 2.67 bits per heavy atom. The molecule has 24 heavy (non-hydrogen) atoms. The molecule has 2 N–H and O–H groups in total. The van der Waals surface area contributed by atoms with Crippen LogP contribution in [0.15, 0.2) is 18.3 Å². The molecule has 126 valence electrons. The average molecular weight is 350 g/mol. The topological polar surface area (TPSA) is 63.0 Å². The van der Waals surface area contributed by atoms with E-state index in [0.29, 0.717) is 29.3 Å². The summed E-state index contributed by atoms with van der Waals surface area (Å²) >= 11 is 1.29. The molecule has 1 aliphatic rings. The van der Waals surface area contributed by atoms with Crippen LogP contribution in [0.2, 0.25) is 0 Å². The molecule has 1 aliphatic carbocycles. The van der Waals surface area contributed by atoms with Gasteiger partial charge in [0.15, 0.2) is 10.8 Å². The number of anilines is 1. The molecule has 5 nitrogen and oxygen atoms in total. The fourth-order valence-electron chi connectivity index (χ4n) is 2.87. The molecule has 0 bridgehead atoms. The molecule has 0 spiro atoms. The van der Waals surface area contributed by atoms with Crippen LogP contribution in [0.1, 0.15) is 24.0 Å². The van der Waals surface area contributed by atoms with E-state index in [0.717, 1.165) is 15.8 Å². The second kappa shape index (κ2) is 5.14. The van der Waals surface area contributed by atoms with E-state index in [2.05, 4.69) is 15.4 Å². The van der Waals surface area contributed by atoms with Crippen LogP contribution in [0.5, 0.6) is 5.75 Å². The van der Waals surface area contributed by atoms with Gasteiger partial charge >= 0.3 is 0 Å². The summed E-state index contributed by atoms with van der Waals surface area (Å²) in [6, 6.07) is 3.64. The monoisotopic (exact) mass is 350 g/mol. The van der Waals surface area contributed by atoms with Crippen molar-refractivity contribution < 1.29 is 13.9 Å². The predicted octanol–water partition coefficient (Wildman–Crippen LogP) is 4.01. The maximum Gasteiger partial charge on any atom is 0.261 e. The Hall–Kier alpha value is -2.22. The molecule has 0 saturated heterocycles. The number of fused-ring (bicyclic) bond motifs is 1. The zero-order chi connectivity index (χ0) is 17.1. The van der Waals surface area contributed by atoms with Gasteiger partial charge in [0.1, 0.15) is 17.0 Å². The number of aryl methyl sites for hydroxylation is 2. The maximum absolute atomic E-state index is 13.0. The van der Waals surface area contributed by atoms with Gasteiger partial charge in [-0.25, -0.2) is 13.5 Å². The number of phenolic OH excluding ortho intramolecular Hbond substituents is 1. The molecular weight excluding hydrogens is 334 g/mol. The second-order valence-corrected chi connectivity index (χ2v) is 7.34. The molecule has 2 aromatic heterocycles.